The Hall–Kier alpha value is 0.870. The molecule has 0 radical (unpaired) electrons. The Bertz CT molecular complexity index is 254. The van der Waals surface area contributed by atoms with Crippen LogP contribution in [-0.2, 0) is 10.1 Å². The van der Waals surface area contributed by atoms with Gasteiger partial charge in [-0.2, -0.15) is 0 Å². The van der Waals surface area contributed by atoms with Crippen molar-refractivity contribution in [2.45, 2.75) is 64.4 Å². The van der Waals surface area contributed by atoms with Crippen LogP contribution in [0.1, 0.15) is 58.3 Å². The van der Waals surface area contributed by atoms with Crippen molar-refractivity contribution < 1.29 is 47.6 Å². The van der Waals surface area contributed by atoms with Crippen LogP contribution in [-0.4, -0.2) is 29.9 Å². The van der Waals surface area contributed by atoms with Gasteiger partial charge in [0.2, 0.25) is 0 Å². The molecule has 0 saturated carbocycles. The Kier molecular flexibility index (Phi) is 14.2. The van der Waals surface area contributed by atoms with E-state index < -0.39 is 22.0 Å². The fourth-order valence-corrected chi connectivity index (χ4v) is 2.29. The van der Waals surface area contributed by atoms with E-state index in [9.17, 15) is 18.1 Å². The van der Waals surface area contributed by atoms with Crippen molar-refractivity contribution in [3.63, 3.8) is 0 Å². The summed E-state index contributed by atoms with van der Waals surface area (Å²) in [5.74, 6) is -0.650. The average molecular weight is 274 g/mol. The molecular formula is C11H23NaO4S. The Morgan fingerprint density at radius 1 is 1.06 bits per heavy atom. The number of unbranched alkanes of at least 4 members (excludes halogenated alkanes) is 6. The van der Waals surface area contributed by atoms with Crippen LogP contribution in [0, 0.1) is 0 Å². The molecule has 0 aromatic heterocycles. The molecule has 1 unspecified atom stereocenters. The van der Waals surface area contributed by atoms with Gasteiger partial charge in [-0.3, -0.25) is 0 Å². The number of hydrogen-bond acceptors (Lipinski definition) is 4. The molecule has 0 amide bonds. The van der Waals surface area contributed by atoms with Gasteiger partial charge in [0, 0.05) is 0 Å². The molecule has 0 aliphatic rings. The Morgan fingerprint density at radius 2 is 1.53 bits per heavy atom. The molecule has 17 heavy (non-hydrogen) atoms. The fourth-order valence-electron chi connectivity index (χ4n) is 1.66. The second-order valence-electron chi connectivity index (χ2n) is 4.29. The number of aliphatic hydroxyl groups is 1. The van der Waals surface area contributed by atoms with Crippen LogP contribution in [0.2, 0.25) is 0 Å². The van der Waals surface area contributed by atoms with Gasteiger partial charge in [0.1, 0.15) is 0 Å². The summed E-state index contributed by atoms with van der Waals surface area (Å²) >= 11 is 0. The third-order valence-electron chi connectivity index (χ3n) is 2.54. The molecule has 0 aliphatic heterocycles. The first kappa shape index (κ1) is 20.2. The molecule has 6 heteroatoms. The standard InChI is InChI=1S/C11H24O4S.Na/c1-2-3-4-5-6-7-8-9-11(12)10-16(13,14)15;/h11-12H,2-10H2,1H3,(H,13,14,15);/q;+1/p-1. The van der Waals surface area contributed by atoms with E-state index in [-0.39, 0.29) is 29.6 Å². The second kappa shape index (κ2) is 11.9. The monoisotopic (exact) mass is 274 g/mol. The molecule has 0 aromatic rings. The molecule has 0 spiro atoms. The van der Waals surface area contributed by atoms with Crippen molar-refractivity contribution in [3.8, 4) is 0 Å². The van der Waals surface area contributed by atoms with Gasteiger partial charge in [-0.25, -0.2) is 8.42 Å². The van der Waals surface area contributed by atoms with E-state index >= 15 is 0 Å². The predicted molar refractivity (Wildman–Crippen MR) is 63.2 cm³/mol. The zero-order chi connectivity index (χ0) is 12.4. The minimum atomic E-state index is -4.28. The normalized spacial score (nSPS) is 13.1. The summed E-state index contributed by atoms with van der Waals surface area (Å²) in [4.78, 5) is 0. The fraction of sp³-hybridized carbons (Fsp3) is 1.00. The second-order valence-corrected chi connectivity index (χ2v) is 5.74. The molecule has 1 atom stereocenters. The number of rotatable bonds is 10. The van der Waals surface area contributed by atoms with E-state index in [2.05, 4.69) is 6.92 Å². The van der Waals surface area contributed by atoms with Crippen molar-refractivity contribution in [2.24, 2.45) is 0 Å². The van der Waals surface area contributed by atoms with Crippen LogP contribution in [0.5, 0.6) is 0 Å². The molecular weight excluding hydrogens is 251 g/mol. The maximum absolute atomic E-state index is 10.3. The molecule has 0 aliphatic carbocycles. The minimum absolute atomic E-state index is 0. The van der Waals surface area contributed by atoms with Crippen molar-refractivity contribution >= 4 is 10.1 Å². The minimum Gasteiger partial charge on any atom is -0.748 e. The molecule has 0 heterocycles. The zero-order valence-electron chi connectivity index (χ0n) is 11.0. The first-order valence-electron chi connectivity index (χ1n) is 6.07. The van der Waals surface area contributed by atoms with E-state index in [0.717, 1.165) is 19.3 Å². The maximum Gasteiger partial charge on any atom is 1.00 e. The quantitative estimate of drug-likeness (QED) is 0.316. The van der Waals surface area contributed by atoms with Crippen LogP contribution >= 0.6 is 0 Å². The van der Waals surface area contributed by atoms with Crippen LogP contribution < -0.4 is 29.6 Å². The van der Waals surface area contributed by atoms with Crippen molar-refractivity contribution in [3.05, 3.63) is 0 Å². The van der Waals surface area contributed by atoms with Crippen LogP contribution in [0.4, 0.5) is 0 Å². The molecule has 1 N–H and O–H groups in total. The van der Waals surface area contributed by atoms with Gasteiger partial charge >= 0.3 is 29.6 Å². The van der Waals surface area contributed by atoms with Gasteiger partial charge in [-0.05, 0) is 6.42 Å². The molecule has 0 rings (SSSR count). The van der Waals surface area contributed by atoms with Crippen molar-refractivity contribution in [2.75, 3.05) is 5.75 Å². The zero-order valence-corrected chi connectivity index (χ0v) is 13.8. The SMILES string of the molecule is CCCCCCCCCC(O)CS(=O)(=O)[O-].[Na+]. The largest absolute Gasteiger partial charge is 1.00 e. The summed E-state index contributed by atoms with van der Waals surface area (Å²) in [6.45, 7) is 2.17. The van der Waals surface area contributed by atoms with Gasteiger partial charge in [0.15, 0.2) is 0 Å². The number of hydrogen-bond donors (Lipinski definition) is 1. The van der Waals surface area contributed by atoms with Gasteiger partial charge in [-0.15, -0.1) is 0 Å². The summed E-state index contributed by atoms with van der Waals surface area (Å²) in [5, 5.41) is 9.25. The Morgan fingerprint density at radius 3 is 2.00 bits per heavy atom. The molecule has 0 fully saturated rings. The van der Waals surface area contributed by atoms with E-state index in [1.54, 1.807) is 0 Å². The van der Waals surface area contributed by atoms with Crippen molar-refractivity contribution in [1.82, 2.24) is 0 Å². The predicted octanol–water partition coefficient (Wildman–Crippen LogP) is -0.963. The van der Waals surface area contributed by atoms with Crippen LogP contribution in [0.3, 0.4) is 0 Å². The van der Waals surface area contributed by atoms with Gasteiger partial charge in [0.25, 0.3) is 0 Å². The van der Waals surface area contributed by atoms with Crippen LogP contribution in [0.15, 0.2) is 0 Å². The molecule has 4 nitrogen and oxygen atoms in total. The smallest absolute Gasteiger partial charge is 0.748 e. The summed E-state index contributed by atoms with van der Waals surface area (Å²) in [6, 6.07) is 0. The Labute approximate surface area is 127 Å². The first-order chi connectivity index (χ1) is 7.45. The van der Waals surface area contributed by atoms with E-state index in [1.165, 1.54) is 25.7 Å². The van der Waals surface area contributed by atoms with Gasteiger partial charge in [0.05, 0.1) is 22.0 Å². The third kappa shape index (κ3) is 16.9. The van der Waals surface area contributed by atoms with Crippen LogP contribution in [0.25, 0.3) is 0 Å². The molecule has 0 aromatic carbocycles. The summed E-state index contributed by atoms with van der Waals surface area (Å²) in [7, 11) is -4.28. The van der Waals surface area contributed by atoms with E-state index in [0.29, 0.717) is 6.42 Å². The molecule has 0 bridgehead atoms. The van der Waals surface area contributed by atoms with Gasteiger partial charge in [-0.1, -0.05) is 51.9 Å². The first-order valence-corrected chi connectivity index (χ1v) is 7.65. The average Bonchev–Trinajstić information content (AvgIpc) is 2.13. The molecule has 98 valence electrons. The van der Waals surface area contributed by atoms with E-state index in [4.69, 9.17) is 0 Å². The summed E-state index contributed by atoms with van der Waals surface area (Å²) in [5.41, 5.74) is 0. The third-order valence-corrected chi connectivity index (χ3v) is 3.33. The van der Waals surface area contributed by atoms with Crippen molar-refractivity contribution in [1.29, 1.82) is 0 Å². The van der Waals surface area contributed by atoms with Gasteiger partial charge < -0.3 is 9.66 Å². The molecule has 0 saturated heterocycles. The summed E-state index contributed by atoms with van der Waals surface area (Å²) in [6.07, 6.45) is 7.27. The Balaban J connectivity index is 0. The van der Waals surface area contributed by atoms with E-state index in [1.807, 2.05) is 0 Å². The topological polar surface area (TPSA) is 77.4 Å². The summed E-state index contributed by atoms with van der Waals surface area (Å²) < 4.78 is 31.0. The number of aliphatic hydroxyl groups excluding tert-OH is 1. The maximum atomic E-state index is 10.3.